The maximum atomic E-state index is 12.0. The van der Waals surface area contributed by atoms with Crippen molar-refractivity contribution in [3.8, 4) is 23.0 Å². The van der Waals surface area contributed by atoms with Crippen LogP contribution in [0.15, 0.2) is 66.7 Å². The van der Waals surface area contributed by atoms with Crippen LogP contribution in [0, 0.1) is 0 Å². The maximum Gasteiger partial charge on any atom is 0.519 e. The van der Waals surface area contributed by atoms with Crippen molar-refractivity contribution < 1.29 is 28.5 Å². The average Bonchev–Trinajstić information content (AvgIpc) is 2.79. The highest BCUT2D eigenvalue weighted by atomic mass is 16.7. The number of methoxy groups -OCH3 is 2. The van der Waals surface area contributed by atoms with Gasteiger partial charge in [-0.25, -0.2) is 4.79 Å². The van der Waals surface area contributed by atoms with Crippen LogP contribution in [0.4, 0.5) is 4.79 Å². The molecule has 164 valence electrons. The van der Waals surface area contributed by atoms with Crippen molar-refractivity contribution in [1.29, 1.82) is 0 Å². The Morgan fingerprint density at radius 3 is 1.69 bits per heavy atom. The Morgan fingerprint density at radius 2 is 1.19 bits per heavy atom. The number of carbonyl (C=O) groups excluding carboxylic acids is 2. The maximum absolute atomic E-state index is 12.0. The molecule has 0 atom stereocenters. The van der Waals surface area contributed by atoms with Gasteiger partial charge in [0, 0.05) is 12.5 Å². The lowest BCUT2D eigenvalue weighted by Crippen LogP contribution is -2.13. The number of benzene rings is 3. The zero-order valence-electron chi connectivity index (χ0n) is 18.2. The Balaban J connectivity index is 1.58. The van der Waals surface area contributed by atoms with E-state index in [0.717, 1.165) is 16.7 Å². The van der Waals surface area contributed by atoms with Gasteiger partial charge < -0.3 is 18.9 Å². The number of ketones is 1. The van der Waals surface area contributed by atoms with Gasteiger partial charge >= 0.3 is 6.16 Å². The molecular formula is C26H24O6. The molecule has 3 rings (SSSR count). The topological polar surface area (TPSA) is 71.1 Å². The van der Waals surface area contributed by atoms with Crippen LogP contribution < -0.4 is 18.9 Å². The minimum atomic E-state index is -0.837. The van der Waals surface area contributed by atoms with E-state index in [0.29, 0.717) is 29.4 Å². The Hall–Kier alpha value is -4.06. The highest BCUT2D eigenvalue weighted by Gasteiger charge is 2.08. The number of carbonyl (C=O) groups is 2. The molecule has 6 nitrogen and oxygen atoms in total. The van der Waals surface area contributed by atoms with E-state index < -0.39 is 6.16 Å². The highest BCUT2D eigenvalue weighted by Crippen LogP contribution is 2.24. The van der Waals surface area contributed by atoms with Crippen LogP contribution in [0.25, 0.3) is 12.2 Å². The van der Waals surface area contributed by atoms with E-state index in [1.807, 2.05) is 42.5 Å². The van der Waals surface area contributed by atoms with Crippen LogP contribution in [-0.4, -0.2) is 26.2 Å². The number of Topliss-reactive ketones (excluding diaryl/α,β-unsaturated/α-hetero) is 1. The minimum Gasteiger partial charge on any atom is -0.497 e. The highest BCUT2D eigenvalue weighted by molar-refractivity contribution is 5.78. The van der Waals surface area contributed by atoms with Gasteiger partial charge in [-0.3, -0.25) is 4.79 Å². The first kappa shape index (κ1) is 22.6. The molecule has 0 saturated carbocycles. The van der Waals surface area contributed by atoms with Crippen molar-refractivity contribution in [1.82, 2.24) is 0 Å². The zero-order chi connectivity index (χ0) is 22.9. The van der Waals surface area contributed by atoms with Crippen LogP contribution in [0.3, 0.4) is 0 Å². The van der Waals surface area contributed by atoms with Gasteiger partial charge in [0.15, 0.2) is 0 Å². The summed E-state index contributed by atoms with van der Waals surface area (Å²) >= 11 is 0. The van der Waals surface area contributed by atoms with Gasteiger partial charge in [0.05, 0.1) is 14.2 Å². The second-order valence-corrected chi connectivity index (χ2v) is 7.03. The van der Waals surface area contributed by atoms with E-state index in [4.69, 9.17) is 18.9 Å². The van der Waals surface area contributed by atoms with Gasteiger partial charge in [-0.15, -0.1) is 0 Å². The van der Waals surface area contributed by atoms with Crippen molar-refractivity contribution >= 4 is 24.1 Å². The van der Waals surface area contributed by atoms with E-state index in [1.54, 1.807) is 50.6 Å². The number of hydrogen-bond acceptors (Lipinski definition) is 6. The fourth-order valence-electron chi connectivity index (χ4n) is 2.94. The van der Waals surface area contributed by atoms with E-state index in [2.05, 4.69) is 0 Å². The first-order valence-corrected chi connectivity index (χ1v) is 9.94. The summed E-state index contributed by atoms with van der Waals surface area (Å²) in [6.07, 6.45) is 3.37. The molecule has 0 aliphatic carbocycles. The summed E-state index contributed by atoms with van der Waals surface area (Å²) in [5.74, 6) is 2.19. The van der Waals surface area contributed by atoms with Gasteiger partial charge in [0.25, 0.3) is 0 Å². The third-order valence-corrected chi connectivity index (χ3v) is 4.50. The van der Waals surface area contributed by atoms with E-state index in [1.165, 1.54) is 6.92 Å². The van der Waals surface area contributed by atoms with Crippen molar-refractivity contribution in [3.63, 3.8) is 0 Å². The molecule has 0 N–H and O–H groups in total. The molecule has 0 bridgehead atoms. The van der Waals surface area contributed by atoms with Crippen LogP contribution in [0.1, 0.15) is 23.6 Å². The molecule has 0 fully saturated rings. The number of ether oxygens (including phenoxy) is 4. The smallest absolute Gasteiger partial charge is 0.497 e. The van der Waals surface area contributed by atoms with Crippen molar-refractivity contribution in [2.45, 2.75) is 13.3 Å². The summed E-state index contributed by atoms with van der Waals surface area (Å²) in [6, 6.07) is 19.4. The lowest BCUT2D eigenvalue weighted by Gasteiger charge is -2.07. The van der Waals surface area contributed by atoms with Crippen LogP contribution in [-0.2, 0) is 11.2 Å². The molecule has 0 unspecified atom stereocenters. The largest absolute Gasteiger partial charge is 0.519 e. The van der Waals surface area contributed by atoms with Gasteiger partial charge in [0.2, 0.25) is 0 Å². The standard InChI is InChI=1S/C26H24O6/c1-18(27)14-20-8-12-23(13-9-20)32-26(28)31-22-10-6-19(7-11-22)4-5-21-15-24(29-2)17-25(16-21)30-3/h4-13,15-17H,14H2,1-3H3/b5-4+. The average molecular weight is 432 g/mol. The minimum absolute atomic E-state index is 0.0691. The Morgan fingerprint density at radius 1 is 0.688 bits per heavy atom. The summed E-state index contributed by atoms with van der Waals surface area (Å²) in [5, 5.41) is 0. The molecule has 0 radical (unpaired) electrons. The molecule has 0 aliphatic heterocycles. The fraction of sp³-hybridized carbons (Fsp3) is 0.154. The quantitative estimate of drug-likeness (QED) is 0.263. The Labute approximate surface area is 187 Å². The predicted molar refractivity (Wildman–Crippen MR) is 122 cm³/mol. The molecule has 6 heteroatoms. The van der Waals surface area contributed by atoms with E-state index in [9.17, 15) is 9.59 Å². The van der Waals surface area contributed by atoms with Crippen molar-refractivity contribution in [2.75, 3.05) is 14.2 Å². The van der Waals surface area contributed by atoms with Gasteiger partial charge in [0.1, 0.15) is 28.8 Å². The molecule has 0 heterocycles. The monoisotopic (exact) mass is 432 g/mol. The summed E-state index contributed by atoms with van der Waals surface area (Å²) < 4.78 is 20.9. The third-order valence-electron chi connectivity index (χ3n) is 4.50. The number of rotatable bonds is 8. The molecule has 0 aliphatic rings. The lowest BCUT2D eigenvalue weighted by molar-refractivity contribution is -0.116. The van der Waals surface area contributed by atoms with Crippen molar-refractivity contribution in [3.05, 3.63) is 83.4 Å². The zero-order valence-corrected chi connectivity index (χ0v) is 18.2. The molecular weight excluding hydrogens is 408 g/mol. The molecule has 3 aromatic rings. The SMILES string of the molecule is COc1cc(/C=C/c2ccc(OC(=O)Oc3ccc(CC(C)=O)cc3)cc2)cc(OC)c1. The summed E-state index contributed by atoms with van der Waals surface area (Å²) in [7, 11) is 3.21. The molecule has 0 aromatic heterocycles. The fourth-order valence-corrected chi connectivity index (χ4v) is 2.94. The van der Waals surface area contributed by atoms with Crippen LogP contribution in [0.5, 0.6) is 23.0 Å². The summed E-state index contributed by atoms with van der Waals surface area (Å²) in [6.45, 7) is 1.53. The molecule has 32 heavy (non-hydrogen) atoms. The second-order valence-electron chi connectivity index (χ2n) is 7.03. The van der Waals surface area contributed by atoms with Crippen LogP contribution >= 0.6 is 0 Å². The first-order valence-electron chi connectivity index (χ1n) is 9.94. The number of hydrogen-bond donors (Lipinski definition) is 0. The second kappa shape index (κ2) is 10.8. The van der Waals surface area contributed by atoms with E-state index >= 15 is 0 Å². The summed E-state index contributed by atoms with van der Waals surface area (Å²) in [5.41, 5.74) is 2.71. The lowest BCUT2D eigenvalue weighted by atomic mass is 10.1. The normalized spacial score (nSPS) is 10.6. The Bertz CT molecular complexity index is 1080. The summed E-state index contributed by atoms with van der Waals surface area (Å²) in [4.78, 5) is 23.2. The van der Waals surface area contributed by atoms with Gasteiger partial charge in [-0.2, -0.15) is 0 Å². The van der Waals surface area contributed by atoms with Gasteiger partial charge in [-0.1, -0.05) is 36.4 Å². The first-order chi connectivity index (χ1) is 15.4. The Kier molecular flexibility index (Phi) is 7.65. The predicted octanol–water partition coefficient (Wildman–Crippen LogP) is 5.58. The van der Waals surface area contributed by atoms with Gasteiger partial charge in [-0.05, 0) is 60.0 Å². The van der Waals surface area contributed by atoms with Crippen molar-refractivity contribution in [2.24, 2.45) is 0 Å². The van der Waals surface area contributed by atoms with E-state index in [-0.39, 0.29) is 5.78 Å². The molecule has 0 saturated heterocycles. The third kappa shape index (κ3) is 6.74. The van der Waals surface area contributed by atoms with Crippen LogP contribution in [0.2, 0.25) is 0 Å². The molecule has 0 amide bonds. The molecule has 3 aromatic carbocycles. The molecule has 0 spiro atoms.